The monoisotopic (exact) mass is 408 g/mol. The first-order chi connectivity index (χ1) is 14.1. The lowest BCUT2D eigenvalue weighted by Gasteiger charge is -2.33. The molecule has 0 N–H and O–H groups in total. The molecule has 4 rings (SSSR count). The highest BCUT2D eigenvalue weighted by Crippen LogP contribution is 2.44. The number of fused-ring (bicyclic) bond motifs is 1. The van der Waals surface area contributed by atoms with Gasteiger partial charge in [0, 0.05) is 5.56 Å². The maximum atomic E-state index is 13.1. The van der Waals surface area contributed by atoms with Crippen LogP contribution in [0.2, 0.25) is 0 Å². The van der Waals surface area contributed by atoms with Crippen LogP contribution in [0.3, 0.4) is 0 Å². The number of thioether (sulfide) groups is 1. The van der Waals surface area contributed by atoms with E-state index >= 15 is 0 Å². The molecule has 1 atom stereocenters. The van der Waals surface area contributed by atoms with Gasteiger partial charge >= 0.3 is 5.97 Å². The molecule has 0 aliphatic carbocycles. The van der Waals surface area contributed by atoms with Crippen LogP contribution in [0.1, 0.15) is 24.1 Å². The average molecular weight is 408 g/mol. The quantitative estimate of drug-likeness (QED) is 0.707. The van der Waals surface area contributed by atoms with Crippen LogP contribution in [0.5, 0.6) is 5.75 Å². The number of benzene rings is 2. The van der Waals surface area contributed by atoms with E-state index in [1.54, 1.807) is 18.9 Å². The Balaban J connectivity index is 1.94. The molecule has 0 spiro atoms. The second-order valence-electron chi connectivity index (χ2n) is 6.47. The summed E-state index contributed by atoms with van der Waals surface area (Å²) in [5.41, 5.74) is 2.51. The van der Waals surface area contributed by atoms with Crippen LogP contribution in [0, 0.1) is 0 Å². The van der Waals surface area contributed by atoms with Gasteiger partial charge < -0.3 is 9.47 Å². The third-order valence-electron chi connectivity index (χ3n) is 4.77. The molecule has 0 bridgehead atoms. The van der Waals surface area contributed by atoms with Gasteiger partial charge in [0.15, 0.2) is 5.17 Å². The van der Waals surface area contributed by atoms with E-state index in [0.717, 1.165) is 11.1 Å². The number of methoxy groups -OCH3 is 1. The molecule has 1 amide bonds. The standard InChI is InChI=1S/C22H20N2O4S/c1-3-28-21(26)18-19(14-7-5-4-6-8-14)23-22-24(17(25)13-29-22)20(18)15-9-11-16(27-2)12-10-15/h4-12,20H,3,13H2,1-2H3/t20-/m1/s1. The fourth-order valence-corrected chi connectivity index (χ4v) is 4.36. The maximum Gasteiger partial charge on any atom is 0.338 e. The van der Waals surface area contributed by atoms with Crippen molar-refractivity contribution in [3.8, 4) is 5.75 Å². The van der Waals surface area contributed by atoms with Crippen LogP contribution in [-0.2, 0) is 14.3 Å². The Kier molecular flexibility index (Phi) is 5.40. The van der Waals surface area contributed by atoms with E-state index in [9.17, 15) is 9.59 Å². The van der Waals surface area contributed by atoms with E-state index in [0.29, 0.717) is 27.9 Å². The Morgan fingerprint density at radius 1 is 1.17 bits per heavy atom. The van der Waals surface area contributed by atoms with E-state index in [-0.39, 0.29) is 12.5 Å². The summed E-state index contributed by atoms with van der Waals surface area (Å²) in [5, 5.41) is 0.600. The van der Waals surface area contributed by atoms with Gasteiger partial charge in [-0.2, -0.15) is 0 Å². The SMILES string of the molecule is CCOC(=O)C1=C(c2ccccc2)N=C2SCC(=O)N2[C@@H]1c1ccc(OC)cc1. The summed E-state index contributed by atoms with van der Waals surface area (Å²) >= 11 is 1.38. The lowest BCUT2D eigenvalue weighted by atomic mass is 9.92. The fourth-order valence-electron chi connectivity index (χ4n) is 3.46. The smallest absolute Gasteiger partial charge is 0.338 e. The number of nitrogens with zero attached hydrogens (tertiary/aromatic N) is 2. The van der Waals surface area contributed by atoms with Gasteiger partial charge in [-0.3, -0.25) is 9.69 Å². The molecule has 148 valence electrons. The maximum absolute atomic E-state index is 13.1. The van der Waals surface area contributed by atoms with Gasteiger partial charge in [0.25, 0.3) is 0 Å². The number of carbonyl (C=O) groups excluding carboxylic acids is 2. The van der Waals surface area contributed by atoms with Gasteiger partial charge in [0.2, 0.25) is 5.91 Å². The van der Waals surface area contributed by atoms with Gasteiger partial charge in [0.1, 0.15) is 5.75 Å². The fraction of sp³-hybridized carbons (Fsp3) is 0.227. The molecule has 0 aromatic heterocycles. The van der Waals surface area contributed by atoms with Gasteiger partial charge in [-0.15, -0.1) is 0 Å². The summed E-state index contributed by atoms with van der Waals surface area (Å²) in [6, 6.07) is 16.3. The van der Waals surface area contributed by atoms with Gasteiger partial charge in [-0.05, 0) is 24.6 Å². The summed E-state index contributed by atoms with van der Waals surface area (Å²) in [7, 11) is 1.60. The Hall–Kier alpha value is -3.06. The molecule has 0 unspecified atom stereocenters. The van der Waals surface area contributed by atoms with Crippen LogP contribution >= 0.6 is 11.8 Å². The molecule has 1 saturated heterocycles. The molecule has 29 heavy (non-hydrogen) atoms. The van der Waals surface area contributed by atoms with E-state index in [1.165, 1.54) is 11.8 Å². The molecule has 1 fully saturated rings. The van der Waals surface area contributed by atoms with Crippen molar-refractivity contribution >= 4 is 34.5 Å². The lowest BCUT2D eigenvalue weighted by molar-refractivity contribution is -0.139. The van der Waals surface area contributed by atoms with Crippen LogP contribution in [0.4, 0.5) is 0 Å². The van der Waals surface area contributed by atoms with Gasteiger partial charge in [-0.1, -0.05) is 54.2 Å². The number of amides is 1. The van der Waals surface area contributed by atoms with Crippen LogP contribution in [0.25, 0.3) is 5.70 Å². The van der Waals surface area contributed by atoms with Crippen molar-refractivity contribution in [2.75, 3.05) is 19.5 Å². The lowest BCUT2D eigenvalue weighted by Crippen LogP contribution is -2.39. The molecule has 0 saturated carbocycles. The molecule has 2 heterocycles. The number of rotatable bonds is 5. The van der Waals surface area contributed by atoms with Crippen molar-refractivity contribution in [3.05, 3.63) is 71.3 Å². The number of esters is 1. The first-order valence-electron chi connectivity index (χ1n) is 9.28. The van der Waals surface area contributed by atoms with Crippen molar-refractivity contribution < 1.29 is 19.1 Å². The number of ether oxygens (including phenoxy) is 2. The van der Waals surface area contributed by atoms with Gasteiger partial charge in [-0.25, -0.2) is 9.79 Å². The number of carbonyl (C=O) groups is 2. The molecule has 0 radical (unpaired) electrons. The Morgan fingerprint density at radius 3 is 2.55 bits per heavy atom. The Bertz CT molecular complexity index is 999. The minimum absolute atomic E-state index is 0.0801. The van der Waals surface area contributed by atoms with Crippen molar-refractivity contribution in [2.24, 2.45) is 4.99 Å². The summed E-state index contributed by atoms with van der Waals surface area (Å²) in [5.74, 6) is 0.442. The molecule has 2 aromatic carbocycles. The highest BCUT2D eigenvalue weighted by molar-refractivity contribution is 8.15. The zero-order valence-electron chi connectivity index (χ0n) is 16.1. The predicted octanol–water partition coefficient (Wildman–Crippen LogP) is 3.66. The minimum atomic E-state index is -0.606. The third kappa shape index (κ3) is 3.53. The predicted molar refractivity (Wildman–Crippen MR) is 112 cm³/mol. The molecule has 6 nitrogen and oxygen atoms in total. The molecule has 2 aromatic rings. The topological polar surface area (TPSA) is 68.2 Å². The largest absolute Gasteiger partial charge is 0.497 e. The number of aliphatic imine (C=N–C) groups is 1. The molecular weight excluding hydrogens is 388 g/mol. The Labute approximate surface area is 173 Å². The van der Waals surface area contributed by atoms with E-state index in [2.05, 4.69) is 0 Å². The van der Waals surface area contributed by atoms with Crippen molar-refractivity contribution in [1.29, 1.82) is 0 Å². The summed E-state index contributed by atoms with van der Waals surface area (Å²) in [6.07, 6.45) is 0. The molecule has 2 aliphatic heterocycles. The van der Waals surface area contributed by atoms with Gasteiger partial charge in [0.05, 0.1) is 36.8 Å². The molecule has 7 heteroatoms. The second kappa shape index (κ2) is 8.13. The van der Waals surface area contributed by atoms with E-state index < -0.39 is 12.0 Å². The first kappa shape index (κ1) is 19.3. The average Bonchev–Trinajstić information content (AvgIpc) is 3.14. The zero-order chi connectivity index (χ0) is 20.4. The minimum Gasteiger partial charge on any atom is -0.497 e. The molecular formula is C22H20N2O4S. The second-order valence-corrected chi connectivity index (χ2v) is 7.41. The highest BCUT2D eigenvalue weighted by atomic mass is 32.2. The number of hydrogen-bond acceptors (Lipinski definition) is 6. The highest BCUT2D eigenvalue weighted by Gasteiger charge is 2.44. The van der Waals surface area contributed by atoms with E-state index in [4.69, 9.17) is 14.5 Å². The normalized spacial score (nSPS) is 18.4. The van der Waals surface area contributed by atoms with Crippen LogP contribution in [-0.4, -0.2) is 41.4 Å². The summed E-state index contributed by atoms with van der Waals surface area (Å²) in [4.78, 5) is 32.1. The number of amidine groups is 1. The Morgan fingerprint density at radius 2 is 1.90 bits per heavy atom. The van der Waals surface area contributed by atoms with Crippen molar-refractivity contribution in [2.45, 2.75) is 13.0 Å². The summed E-state index contributed by atoms with van der Waals surface area (Å²) in [6.45, 7) is 2.00. The molecule has 2 aliphatic rings. The zero-order valence-corrected chi connectivity index (χ0v) is 16.9. The van der Waals surface area contributed by atoms with E-state index in [1.807, 2.05) is 54.6 Å². The van der Waals surface area contributed by atoms with Crippen LogP contribution in [0.15, 0.2) is 65.2 Å². The van der Waals surface area contributed by atoms with Crippen molar-refractivity contribution in [1.82, 2.24) is 4.90 Å². The summed E-state index contributed by atoms with van der Waals surface area (Å²) < 4.78 is 10.6. The van der Waals surface area contributed by atoms with Crippen LogP contribution < -0.4 is 4.74 Å². The number of hydrogen-bond donors (Lipinski definition) is 0. The first-order valence-corrected chi connectivity index (χ1v) is 10.3. The third-order valence-corrected chi connectivity index (χ3v) is 5.71. The van der Waals surface area contributed by atoms with Crippen molar-refractivity contribution in [3.63, 3.8) is 0 Å².